The summed E-state index contributed by atoms with van der Waals surface area (Å²) in [5, 5.41) is 42.0. The van der Waals surface area contributed by atoms with Crippen LogP contribution in [0, 0.1) is 0 Å². The van der Waals surface area contributed by atoms with Crippen LogP contribution in [-0.4, -0.2) is 60.9 Å². The molecule has 8 heteroatoms. The zero-order valence-electron chi connectivity index (χ0n) is 14.2. The van der Waals surface area contributed by atoms with Gasteiger partial charge in [-0.3, -0.25) is 0 Å². The number of benzene rings is 3. The molecule has 0 spiro atoms. The average Bonchev–Trinajstić information content (AvgIpc) is 2.68. The molecule has 0 aliphatic heterocycles. The fourth-order valence-corrected chi connectivity index (χ4v) is 3.22. The molecule has 6 nitrogen and oxygen atoms in total. The molecule has 0 bridgehead atoms. The average molecular weight is 354 g/mol. The normalized spacial score (nSPS) is 11.2. The standard InChI is InChI=1S/C18H20B2O6/c21-9-11-25-19(23)17-13-5-1-2-6-14(13)18(20(24)26-12-10-22)16-8-4-3-7-15(16)17/h1-8,21-24H,9-12H2. The lowest BCUT2D eigenvalue weighted by molar-refractivity contribution is 0.183. The van der Waals surface area contributed by atoms with Crippen LogP contribution in [-0.2, 0) is 9.31 Å². The SMILES string of the molecule is OCCOB(O)c1c2ccccc2c(B(O)OCCO)c2ccccc12. The molecule has 0 saturated heterocycles. The molecule has 0 fully saturated rings. The molecule has 3 aromatic carbocycles. The van der Waals surface area contributed by atoms with Crippen LogP contribution in [0.4, 0.5) is 0 Å². The van der Waals surface area contributed by atoms with E-state index in [4.69, 9.17) is 19.5 Å². The zero-order valence-corrected chi connectivity index (χ0v) is 14.2. The highest BCUT2D eigenvalue weighted by atomic mass is 16.5. The highest BCUT2D eigenvalue weighted by Crippen LogP contribution is 2.21. The van der Waals surface area contributed by atoms with Crippen molar-refractivity contribution < 1.29 is 29.6 Å². The molecule has 0 aliphatic rings. The van der Waals surface area contributed by atoms with E-state index in [1.165, 1.54) is 0 Å². The predicted octanol–water partition coefficient (Wildman–Crippen LogP) is -0.614. The van der Waals surface area contributed by atoms with Gasteiger partial charge in [-0.25, -0.2) is 0 Å². The van der Waals surface area contributed by atoms with Crippen LogP contribution in [0.2, 0.25) is 0 Å². The van der Waals surface area contributed by atoms with E-state index in [0.29, 0.717) is 10.9 Å². The third-order valence-corrected chi connectivity index (χ3v) is 4.24. The quantitative estimate of drug-likeness (QED) is 0.318. The van der Waals surface area contributed by atoms with Crippen molar-refractivity contribution in [1.29, 1.82) is 0 Å². The molecule has 3 rings (SSSR count). The van der Waals surface area contributed by atoms with Gasteiger partial charge >= 0.3 is 14.2 Å². The molecule has 0 unspecified atom stereocenters. The molecule has 0 radical (unpaired) electrons. The van der Waals surface area contributed by atoms with Crippen LogP contribution in [0.5, 0.6) is 0 Å². The first-order valence-electron chi connectivity index (χ1n) is 8.43. The monoisotopic (exact) mass is 354 g/mol. The zero-order chi connectivity index (χ0) is 18.5. The Bertz CT molecular complexity index is 759. The molecule has 0 heterocycles. The Hall–Kier alpha value is -1.93. The van der Waals surface area contributed by atoms with E-state index in [0.717, 1.165) is 21.5 Å². The number of rotatable bonds is 8. The second-order valence-corrected chi connectivity index (χ2v) is 5.81. The van der Waals surface area contributed by atoms with Crippen LogP contribution in [0.3, 0.4) is 0 Å². The fourth-order valence-electron chi connectivity index (χ4n) is 3.22. The Morgan fingerprint density at radius 1 is 0.615 bits per heavy atom. The van der Waals surface area contributed by atoms with Gasteiger partial charge in [-0.2, -0.15) is 0 Å². The van der Waals surface area contributed by atoms with E-state index in [-0.39, 0.29) is 26.4 Å². The molecule has 0 saturated carbocycles. The van der Waals surface area contributed by atoms with Crippen LogP contribution in [0.15, 0.2) is 48.5 Å². The smallest absolute Gasteiger partial charge is 0.423 e. The van der Waals surface area contributed by atoms with Gasteiger partial charge in [-0.15, -0.1) is 0 Å². The molecule has 26 heavy (non-hydrogen) atoms. The van der Waals surface area contributed by atoms with Crippen LogP contribution in [0.1, 0.15) is 0 Å². The number of fused-ring (bicyclic) bond motifs is 2. The van der Waals surface area contributed by atoms with Crippen molar-refractivity contribution in [3.8, 4) is 0 Å². The Morgan fingerprint density at radius 2 is 0.923 bits per heavy atom. The van der Waals surface area contributed by atoms with Gasteiger partial charge in [0, 0.05) is 0 Å². The van der Waals surface area contributed by atoms with Gasteiger partial charge in [-0.05, 0) is 32.5 Å². The highest BCUT2D eigenvalue weighted by Gasteiger charge is 2.28. The Balaban J connectivity index is 2.28. The first-order chi connectivity index (χ1) is 12.7. The van der Waals surface area contributed by atoms with E-state index in [9.17, 15) is 10.0 Å². The van der Waals surface area contributed by atoms with Crippen molar-refractivity contribution >= 4 is 46.7 Å². The van der Waals surface area contributed by atoms with Gasteiger partial charge in [0.2, 0.25) is 0 Å². The lowest BCUT2D eigenvalue weighted by atomic mass is 9.66. The topological polar surface area (TPSA) is 99.4 Å². The lowest BCUT2D eigenvalue weighted by Gasteiger charge is -2.19. The Kier molecular flexibility index (Phi) is 6.26. The fraction of sp³-hybridized carbons (Fsp3) is 0.222. The summed E-state index contributed by atoms with van der Waals surface area (Å²) in [4.78, 5) is 0. The number of hydrogen-bond acceptors (Lipinski definition) is 6. The molecule has 0 atom stereocenters. The molecule has 0 aliphatic carbocycles. The minimum atomic E-state index is -1.22. The first-order valence-corrected chi connectivity index (χ1v) is 8.43. The summed E-state index contributed by atoms with van der Waals surface area (Å²) in [6.45, 7) is -0.376. The van der Waals surface area contributed by atoms with Crippen molar-refractivity contribution in [1.82, 2.24) is 0 Å². The summed E-state index contributed by atoms with van der Waals surface area (Å²) in [7, 11) is -2.44. The summed E-state index contributed by atoms with van der Waals surface area (Å²) in [6.07, 6.45) is 0. The van der Waals surface area contributed by atoms with Crippen LogP contribution >= 0.6 is 0 Å². The number of hydrogen-bond donors (Lipinski definition) is 4. The molecule has 134 valence electrons. The maximum absolute atomic E-state index is 10.6. The van der Waals surface area contributed by atoms with E-state index in [1.54, 1.807) is 0 Å². The summed E-state index contributed by atoms with van der Waals surface area (Å²) < 4.78 is 10.7. The van der Waals surface area contributed by atoms with Crippen molar-refractivity contribution in [3.63, 3.8) is 0 Å². The van der Waals surface area contributed by atoms with Crippen molar-refractivity contribution in [3.05, 3.63) is 48.5 Å². The van der Waals surface area contributed by atoms with E-state index in [2.05, 4.69) is 0 Å². The molecular formula is C18H20B2O6. The second kappa shape index (κ2) is 8.64. The number of aliphatic hydroxyl groups excluding tert-OH is 2. The largest absolute Gasteiger partial charge is 0.492 e. The number of aliphatic hydroxyl groups is 2. The van der Waals surface area contributed by atoms with E-state index < -0.39 is 14.2 Å². The minimum Gasteiger partial charge on any atom is -0.423 e. The minimum absolute atomic E-state index is 0.00775. The lowest BCUT2D eigenvalue weighted by Crippen LogP contribution is -2.41. The second-order valence-electron chi connectivity index (χ2n) is 5.81. The van der Waals surface area contributed by atoms with Gasteiger partial charge in [0.05, 0.1) is 26.4 Å². The van der Waals surface area contributed by atoms with Crippen molar-refractivity contribution in [2.24, 2.45) is 0 Å². The van der Waals surface area contributed by atoms with Crippen molar-refractivity contribution in [2.75, 3.05) is 26.4 Å². The van der Waals surface area contributed by atoms with Crippen LogP contribution < -0.4 is 10.9 Å². The Morgan fingerprint density at radius 3 is 1.19 bits per heavy atom. The van der Waals surface area contributed by atoms with Gasteiger partial charge in [0.1, 0.15) is 0 Å². The highest BCUT2D eigenvalue weighted by molar-refractivity contribution is 6.72. The van der Waals surface area contributed by atoms with Gasteiger partial charge in [0.15, 0.2) is 0 Å². The van der Waals surface area contributed by atoms with E-state index in [1.807, 2.05) is 48.5 Å². The molecular weight excluding hydrogens is 334 g/mol. The van der Waals surface area contributed by atoms with Gasteiger partial charge in [-0.1, -0.05) is 48.5 Å². The van der Waals surface area contributed by atoms with Gasteiger partial charge < -0.3 is 29.6 Å². The van der Waals surface area contributed by atoms with Crippen molar-refractivity contribution in [2.45, 2.75) is 0 Å². The Labute approximate surface area is 151 Å². The summed E-state index contributed by atoms with van der Waals surface area (Å²) in [5.74, 6) is 0. The molecule has 0 aromatic heterocycles. The molecule has 4 N–H and O–H groups in total. The molecule has 3 aromatic rings. The third-order valence-electron chi connectivity index (χ3n) is 4.24. The summed E-state index contributed by atoms with van der Waals surface area (Å²) in [6, 6.07) is 14.7. The third kappa shape index (κ3) is 3.61. The predicted molar refractivity (Wildman–Crippen MR) is 103 cm³/mol. The summed E-state index contributed by atoms with van der Waals surface area (Å²) in [5.41, 5.74) is 1.14. The first kappa shape index (κ1) is 18.8. The maximum Gasteiger partial charge on any atom is 0.492 e. The van der Waals surface area contributed by atoms with E-state index >= 15 is 0 Å². The molecule has 0 amide bonds. The van der Waals surface area contributed by atoms with Gasteiger partial charge in [0.25, 0.3) is 0 Å². The van der Waals surface area contributed by atoms with Crippen LogP contribution in [0.25, 0.3) is 21.5 Å². The summed E-state index contributed by atoms with van der Waals surface area (Å²) >= 11 is 0. The maximum atomic E-state index is 10.6.